The van der Waals surface area contributed by atoms with Crippen LogP contribution in [0.15, 0.2) is 0 Å². The Bertz CT molecular complexity index is 1180. The normalized spacial score (nSPS) is 23.9. The molecule has 2 aromatic heterocycles. The quantitative estimate of drug-likeness (QED) is 0.439. The SMILES string of the molecule is Cc1[nH]c(C(=O)NC2[C@H]3CN(c4nc(CC(=O)N5CCC(N)CC5)c(C(=O)O)s4)C[C@@H]23)c(Cl)c1Cl. The second kappa shape index (κ2) is 9.27. The van der Waals surface area contributed by atoms with E-state index in [9.17, 15) is 19.5 Å². The molecule has 13 heteroatoms. The molecule has 0 aromatic carbocycles. The van der Waals surface area contributed by atoms with E-state index in [1.807, 2.05) is 4.90 Å². The maximum Gasteiger partial charge on any atom is 0.347 e. The number of likely N-dealkylation sites (tertiary alicyclic amines) is 1. The Hall–Kier alpha value is -2.34. The minimum atomic E-state index is -1.08. The summed E-state index contributed by atoms with van der Waals surface area (Å²) in [5.41, 5.74) is 7.11. The van der Waals surface area contributed by atoms with Crippen LogP contribution in [-0.2, 0) is 11.2 Å². The smallest absolute Gasteiger partial charge is 0.347 e. The fourth-order valence-electron chi connectivity index (χ4n) is 5.01. The summed E-state index contributed by atoms with van der Waals surface area (Å²) in [5.74, 6) is -1.02. The lowest BCUT2D eigenvalue weighted by atomic mass is 10.1. The molecule has 3 atom stereocenters. The number of thiazole rings is 1. The number of carboxylic acids is 1. The molecule has 10 nitrogen and oxygen atoms in total. The van der Waals surface area contributed by atoms with Gasteiger partial charge in [-0.2, -0.15) is 0 Å². The highest BCUT2D eigenvalue weighted by molar-refractivity contribution is 7.17. The van der Waals surface area contributed by atoms with Crippen molar-refractivity contribution in [3.05, 3.63) is 32.0 Å². The number of carbonyl (C=O) groups excluding carboxylic acids is 2. The third-order valence-electron chi connectivity index (χ3n) is 7.13. The number of carbonyl (C=O) groups is 3. The summed E-state index contributed by atoms with van der Waals surface area (Å²) in [6, 6.07) is 0.124. The number of carboxylic acid groups (broad SMARTS) is 1. The van der Waals surface area contributed by atoms with Crippen LogP contribution in [0.2, 0.25) is 10.0 Å². The van der Waals surface area contributed by atoms with Crippen LogP contribution in [0.25, 0.3) is 0 Å². The predicted octanol–water partition coefficient (Wildman–Crippen LogP) is 2.14. The Labute approximate surface area is 215 Å². The monoisotopic (exact) mass is 540 g/mol. The number of halogens is 2. The molecule has 1 unspecified atom stereocenters. The lowest BCUT2D eigenvalue weighted by Gasteiger charge is -2.30. The van der Waals surface area contributed by atoms with Gasteiger partial charge in [-0.25, -0.2) is 9.78 Å². The van der Waals surface area contributed by atoms with Gasteiger partial charge in [-0.15, -0.1) is 0 Å². The van der Waals surface area contributed by atoms with Crippen LogP contribution in [-0.4, -0.2) is 76.0 Å². The van der Waals surface area contributed by atoms with E-state index in [-0.39, 0.29) is 57.7 Å². The van der Waals surface area contributed by atoms with Crippen molar-refractivity contribution in [3.8, 4) is 0 Å². The number of piperidine rings is 2. The van der Waals surface area contributed by atoms with E-state index < -0.39 is 5.97 Å². The van der Waals surface area contributed by atoms with E-state index in [0.29, 0.717) is 47.7 Å². The number of H-pyrrole nitrogens is 1. The summed E-state index contributed by atoms with van der Waals surface area (Å²) in [7, 11) is 0. The van der Waals surface area contributed by atoms with Gasteiger partial charge in [0.2, 0.25) is 5.91 Å². The molecule has 5 rings (SSSR count). The van der Waals surface area contributed by atoms with Crippen molar-refractivity contribution >= 4 is 57.5 Å². The Morgan fingerprint density at radius 2 is 1.86 bits per heavy atom. The van der Waals surface area contributed by atoms with Gasteiger partial charge in [0, 0.05) is 55.8 Å². The highest BCUT2D eigenvalue weighted by atomic mass is 35.5. The second-order valence-corrected chi connectivity index (χ2v) is 11.2. The molecule has 3 fully saturated rings. The Morgan fingerprint density at radius 1 is 1.20 bits per heavy atom. The molecule has 0 bridgehead atoms. The van der Waals surface area contributed by atoms with Crippen LogP contribution < -0.4 is 16.0 Å². The molecule has 2 saturated heterocycles. The first-order valence-electron chi connectivity index (χ1n) is 11.5. The van der Waals surface area contributed by atoms with E-state index in [4.69, 9.17) is 28.9 Å². The van der Waals surface area contributed by atoms with E-state index in [0.717, 1.165) is 24.2 Å². The summed E-state index contributed by atoms with van der Waals surface area (Å²) in [5, 5.41) is 13.8. The number of amides is 2. The number of hydrogen-bond acceptors (Lipinski definition) is 7. The molecule has 1 aliphatic carbocycles. The number of nitrogens with two attached hydrogens (primary N) is 1. The van der Waals surface area contributed by atoms with Crippen molar-refractivity contribution in [3.63, 3.8) is 0 Å². The molecule has 35 heavy (non-hydrogen) atoms. The molecular weight excluding hydrogens is 515 g/mol. The zero-order valence-corrected chi connectivity index (χ0v) is 21.3. The standard InChI is InChI=1S/C22H26Cl2N6O4S/c1-9-15(23)16(24)18(26-9)20(32)28-17-11-7-30(8-12(11)17)22-27-13(19(35-22)21(33)34)6-14(31)29-4-2-10(25)3-5-29/h10-12,17,26H,2-8,25H2,1H3,(H,28,32)(H,33,34)/t11-,12+,17?. The molecular formula is C22H26Cl2N6O4S. The minimum absolute atomic E-state index is 0.0163. The number of aromatic nitrogens is 2. The van der Waals surface area contributed by atoms with Gasteiger partial charge in [-0.3, -0.25) is 9.59 Å². The van der Waals surface area contributed by atoms with E-state index in [2.05, 4.69) is 15.3 Å². The number of nitrogens with one attached hydrogen (secondary N) is 2. The van der Waals surface area contributed by atoms with Gasteiger partial charge in [-0.1, -0.05) is 34.5 Å². The molecule has 1 saturated carbocycles. The topological polar surface area (TPSA) is 145 Å². The van der Waals surface area contributed by atoms with Crippen molar-refractivity contribution in [2.24, 2.45) is 17.6 Å². The average molecular weight is 541 g/mol. The van der Waals surface area contributed by atoms with Crippen molar-refractivity contribution in [1.82, 2.24) is 20.2 Å². The minimum Gasteiger partial charge on any atom is -0.477 e. The number of hydrogen-bond donors (Lipinski definition) is 4. The zero-order chi connectivity index (χ0) is 25.0. The predicted molar refractivity (Wildman–Crippen MR) is 133 cm³/mol. The number of aromatic carboxylic acids is 1. The largest absolute Gasteiger partial charge is 0.477 e. The molecule has 0 spiro atoms. The summed E-state index contributed by atoms with van der Waals surface area (Å²) in [6.07, 6.45) is 1.46. The summed E-state index contributed by atoms with van der Waals surface area (Å²) >= 11 is 13.3. The third-order valence-corrected chi connectivity index (χ3v) is 9.23. The molecule has 2 aliphatic heterocycles. The number of fused-ring (bicyclic) bond motifs is 1. The molecule has 4 heterocycles. The lowest BCUT2D eigenvalue weighted by molar-refractivity contribution is -0.131. The van der Waals surface area contributed by atoms with Gasteiger partial charge in [0.15, 0.2) is 5.13 Å². The summed E-state index contributed by atoms with van der Waals surface area (Å²) in [6.45, 7) is 4.22. The van der Waals surface area contributed by atoms with Crippen molar-refractivity contribution in [2.75, 3.05) is 31.1 Å². The van der Waals surface area contributed by atoms with Crippen molar-refractivity contribution < 1.29 is 19.5 Å². The van der Waals surface area contributed by atoms with Crippen LogP contribution in [0.3, 0.4) is 0 Å². The van der Waals surface area contributed by atoms with Gasteiger partial charge in [0.05, 0.1) is 22.2 Å². The fourth-order valence-corrected chi connectivity index (χ4v) is 6.37. The molecule has 0 radical (unpaired) electrons. The Balaban J connectivity index is 1.21. The first kappa shape index (κ1) is 24.4. The maximum atomic E-state index is 12.7. The second-order valence-electron chi connectivity index (χ2n) is 9.46. The van der Waals surface area contributed by atoms with Gasteiger partial charge in [0.1, 0.15) is 10.6 Å². The molecule has 2 amide bonds. The van der Waals surface area contributed by atoms with E-state index in [1.165, 1.54) is 0 Å². The van der Waals surface area contributed by atoms with Crippen molar-refractivity contribution in [2.45, 2.75) is 38.3 Å². The van der Waals surface area contributed by atoms with Gasteiger partial charge < -0.3 is 30.9 Å². The van der Waals surface area contributed by atoms with Crippen LogP contribution in [0.4, 0.5) is 5.13 Å². The van der Waals surface area contributed by atoms with E-state index in [1.54, 1.807) is 11.8 Å². The van der Waals surface area contributed by atoms with Gasteiger partial charge in [0.25, 0.3) is 5.91 Å². The maximum absolute atomic E-state index is 12.7. The first-order valence-corrected chi connectivity index (χ1v) is 13.1. The average Bonchev–Trinajstić information content (AvgIpc) is 3.19. The Morgan fingerprint density at radius 3 is 2.43 bits per heavy atom. The summed E-state index contributed by atoms with van der Waals surface area (Å²) < 4.78 is 0. The zero-order valence-electron chi connectivity index (χ0n) is 19.0. The third kappa shape index (κ3) is 4.62. The van der Waals surface area contributed by atoms with Gasteiger partial charge in [-0.05, 0) is 19.8 Å². The first-order chi connectivity index (χ1) is 16.6. The molecule has 2 aromatic rings. The number of aryl methyl sites for hydroxylation is 1. The fraction of sp³-hybridized carbons (Fsp3) is 0.545. The van der Waals surface area contributed by atoms with Crippen LogP contribution in [0.1, 0.15) is 44.4 Å². The Kier molecular flexibility index (Phi) is 6.45. The lowest BCUT2D eigenvalue weighted by Crippen LogP contribution is -2.43. The highest BCUT2D eigenvalue weighted by Crippen LogP contribution is 2.48. The number of aromatic amines is 1. The molecule has 188 valence electrons. The van der Waals surface area contributed by atoms with E-state index >= 15 is 0 Å². The van der Waals surface area contributed by atoms with Crippen LogP contribution in [0, 0.1) is 18.8 Å². The van der Waals surface area contributed by atoms with Crippen molar-refractivity contribution in [1.29, 1.82) is 0 Å². The summed E-state index contributed by atoms with van der Waals surface area (Å²) in [4.78, 5) is 48.5. The highest BCUT2D eigenvalue weighted by Gasteiger charge is 2.57. The van der Waals surface area contributed by atoms with Crippen LogP contribution in [0.5, 0.6) is 0 Å². The molecule has 5 N–H and O–H groups in total. The van der Waals surface area contributed by atoms with Gasteiger partial charge >= 0.3 is 5.97 Å². The number of nitrogens with zero attached hydrogens (tertiary/aromatic N) is 3. The number of anilines is 1. The van der Waals surface area contributed by atoms with Crippen LogP contribution >= 0.6 is 34.5 Å². The molecule has 3 aliphatic rings. The number of rotatable bonds is 6.